The van der Waals surface area contributed by atoms with E-state index in [-0.39, 0.29) is 5.91 Å². The van der Waals surface area contributed by atoms with E-state index >= 15 is 0 Å². The molecular weight excluding hydrogens is 440 g/mol. The lowest BCUT2D eigenvalue weighted by molar-refractivity contribution is -0.129. The molecule has 3 aromatic carbocycles. The van der Waals surface area contributed by atoms with E-state index in [0.717, 1.165) is 34.7 Å². The number of ether oxygens (including phenoxy) is 3. The van der Waals surface area contributed by atoms with Gasteiger partial charge in [0.2, 0.25) is 5.91 Å². The average molecular weight is 477 g/mol. The number of hydrogen-bond donors (Lipinski definition) is 1. The van der Waals surface area contributed by atoms with E-state index < -0.39 is 0 Å². The van der Waals surface area contributed by atoms with Crippen molar-refractivity contribution in [1.82, 2.24) is 4.90 Å². The molecule has 2 N–H and O–H groups in total. The predicted molar refractivity (Wildman–Crippen MR) is 139 cm³/mol. The Labute approximate surface area is 207 Å². The molecule has 186 valence electrons. The highest BCUT2D eigenvalue weighted by Crippen LogP contribution is 2.44. The first kappa shape index (κ1) is 23.7. The molecule has 1 unspecified atom stereocenters. The van der Waals surface area contributed by atoms with Crippen LogP contribution in [0.2, 0.25) is 0 Å². The first-order valence-corrected chi connectivity index (χ1v) is 12.8. The second-order valence-corrected chi connectivity index (χ2v) is 9.94. The van der Waals surface area contributed by atoms with E-state index in [1.807, 2.05) is 23.1 Å². The molecule has 0 spiro atoms. The van der Waals surface area contributed by atoms with Crippen molar-refractivity contribution < 1.29 is 19.0 Å². The number of amides is 1. The summed E-state index contributed by atoms with van der Waals surface area (Å²) in [6.45, 7) is 0.660. The molecule has 1 saturated heterocycles. The van der Waals surface area contributed by atoms with Crippen molar-refractivity contribution in [3.05, 3.63) is 41.5 Å². The Morgan fingerprint density at radius 2 is 1.49 bits per heavy atom. The highest BCUT2D eigenvalue weighted by atomic mass is 16.5. The summed E-state index contributed by atoms with van der Waals surface area (Å²) in [7, 11) is 4.99. The minimum absolute atomic E-state index is 0.263. The average Bonchev–Trinajstić information content (AvgIpc) is 3.27. The first-order chi connectivity index (χ1) is 17.0. The second kappa shape index (κ2) is 9.94. The van der Waals surface area contributed by atoms with Crippen LogP contribution < -0.4 is 19.9 Å². The Balaban J connectivity index is 0.000000313. The number of benzene rings is 3. The van der Waals surface area contributed by atoms with Gasteiger partial charge in [0.25, 0.3) is 0 Å². The molecule has 0 bridgehead atoms. The zero-order chi connectivity index (χ0) is 24.5. The van der Waals surface area contributed by atoms with Crippen LogP contribution >= 0.6 is 0 Å². The first-order valence-electron chi connectivity index (χ1n) is 12.8. The Hall–Kier alpha value is -2.99. The number of hydrogen-bond acceptors (Lipinski definition) is 5. The lowest BCUT2D eigenvalue weighted by atomic mass is 9.85. The van der Waals surface area contributed by atoms with Crippen molar-refractivity contribution in [1.29, 1.82) is 0 Å². The Morgan fingerprint density at radius 3 is 2.11 bits per heavy atom. The van der Waals surface area contributed by atoms with Gasteiger partial charge < -0.3 is 24.8 Å². The van der Waals surface area contributed by atoms with Gasteiger partial charge in [-0.1, -0.05) is 25.3 Å². The van der Waals surface area contributed by atoms with E-state index in [0.29, 0.717) is 36.5 Å². The molecule has 35 heavy (non-hydrogen) atoms. The molecule has 2 aliphatic heterocycles. The maximum atomic E-state index is 12.4. The number of carbonyl (C=O) groups is 1. The maximum Gasteiger partial charge on any atom is 0.223 e. The predicted octanol–water partition coefficient (Wildman–Crippen LogP) is 5.34. The maximum absolute atomic E-state index is 12.4. The van der Waals surface area contributed by atoms with E-state index in [1.165, 1.54) is 48.6 Å². The number of methoxy groups -OCH3 is 3. The third kappa shape index (κ3) is 4.40. The van der Waals surface area contributed by atoms with Crippen molar-refractivity contribution in [2.75, 3.05) is 21.3 Å². The number of rotatable bonds is 3. The van der Waals surface area contributed by atoms with Crippen LogP contribution in [0.1, 0.15) is 56.1 Å². The Morgan fingerprint density at radius 1 is 0.800 bits per heavy atom. The number of fused-ring (bicyclic) bond motifs is 7. The lowest BCUT2D eigenvalue weighted by Gasteiger charge is -2.33. The summed E-state index contributed by atoms with van der Waals surface area (Å²) in [5.41, 5.74) is 8.20. The molecule has 3 aliphatic rings. The molecule has 1 amide bonds. The Kier molecular flexibility index (Phi) is 6.74. The largest absolute Gasteiger partial charge is 0.497 e. The lowest BCUT2D eigenvalue weighted by Crippen LogP contribution is -2.38. The van der Waals surface area contributed by atoms with Gasteiger partial charge in [-0.15, -0.1) is 0 Å². The van der Waals surface area contributed by atoms with Crippen molar-refractivity contribution in [2.24, 2.45) is 5.73 Å². The minimum Gasteiger partial charge on any atom is -0.497 e. The molecule has 2 heterocycles. The topological polar surface area (TPSA) is 74.0 Å². The SMILES string of the molecule is COc1ccc2c3c(c4cc(OC)c(OC)cc4c2c1)CN1C(=O)CCC1C3.NC1CCCCC1. The summed E-state index contributed by atoms with van der Waals surface area (Å²) in [6, 6.07) is 11.2. The third-order valence-corrected chi connectivity index (χ3v) is 7.93. The summed E-state index contributed by atoms with van der Waals surface area (Å²) in [6.07, 6.45) is 9.16. The summed E-state index contributed by atoms with van der Waals surface area (Å²) < 4.78 is 16.6. The standard InChI is InChI=1S/C23H23NO4.C6H13N/c1-26-14-5-6-15-16-8-13-4-7-23(25)24(13)12-20(16)19-11-22(28-3)21(27-2)10-18(19)17(15)9-14;7-6-4-2-1-3-5-6/h5-6,9-11,13H,4,7-8,12H2,1-3H3;6H,1-5,7H2. The monoisotopic (exact) mass is 476 g/mol. The summed E-state index contributed by atoms with van der Waals surface area (Å²) >= 11 is 0. The molecule has 3 aromatic rings. The normalized spacial score (nSPS) is 19.7. The fourth-order valence-corrected chi connectivity index (χ4v) is 5.99. The zero-order valence-corrected chi connectivity index (χ0v) is 21.1. The summed E-state index contributed by atoms with van der Waals surface area (Å²) in [5.74, 6) is 2.50. The molecule has 1 atom stereocenters. The van der Waals surface area contributed by atoms with Crippen LogP contribution in [0, 0.1) is 0 Å². The van der Waals surface area contributed by atoms with Gasteiger partial charge >= 0.3 is 0 Å². The van der Waals surface area contributed by atoms with Crippen LogP contribution in [0.4, 0.5) is 0 Å². The van der Waals surface area contributed by atoms with Gasteiger partial charge in [0.05, 0.1) is 21.3 Å². The van der Waals surface area contributed by atoms with Crippen molar-refractivity contribution in [3.63, 3.8) is 0 Å². The molecular formula is C29H36N2O4. The Bertz CT molecular complexity index is 1250. The van der Waals surface area contributed by atoms with Crippen LogP contribution in [0.5, 0.6) is 17.2 Å². The van der Waals surface area contributed by atoms with Crippen molar-refractivity contribution >= 4 is 27.5 Å². The third-order valence-electron chi connectivity index (χ3n) is 7.93. The summed E-state index contributed by atoms with van der Waals surface area (Å²) in [4.78, 5) is 14.4. The van der Waals surface area contributed by atoms with Gasteiger partial charge in [0.1, 0.15) is 5.75 Å². The second-order valence-electron chi connectivity index (χ2n) is 9.94. The fourth-order valence-electron chi connectivity index (χ4n) is 5.99. The number of nitrogens with two attached hydrogens (primary N) is 1. The molecule has 1 aliphatic carbocycles. The minimum atomic E-state index is 0.263. The van der Waals surface area contributed by atoms with Crippen LogP contribution in [0.25, 0.3) is 21.5 Å². The molecule has 6 heteroatoms. The van der Waals surface area contributed by atoms with Crippen LogP contribution in [0.3, 0.4) is 0 Å². The van der Waals surface area contributed by atoms with Crippen LogP contribution in [-0.4, -0.2) is 44.2 Å². The highest BCUT2D eigenvalue weighted by Gasteiger charge is 2.36. The fraction of sp³-hybridized carbons (Fsp3) is 0.483. The van der Waals surface area contributed by atoms with Crippen LogP contribution in [-0.2, 0) is 17.8 Å². The van der Waals surface area contributed by atoms with Crippen LogP contribution in [0.15, 0.2) is 30.3 Å². The zero-order valence-electron chi connectivity index (χ0n) is 21.1. The van der Waals surface area contributed by atoms with Gasteiger partial charge in [-0.2, -0.15) is 0 Å². The molecule has 6 nitrogen and oxygen atoms in total. The molecule has 0 aromatic heterocycles. The van der Waals surface area contributed by atoms with E-state index in [2.05, 4.69) is 12.1 Å². The molecule has 6 rings (SSSR count). The van der Waals surface area contributed by atoms with Gasteiger partial charge in [-0.05, 0) is 82.6 Å². The molecule has 0 radical (unpaired) electrons. The van der Waals surface area contributed by atoms with E-state index in [9.17, 15) is 4.79 Å². The molecule has 1 saturated carbocycles. The van der Waals surface area contributed by atoms with E-state index in [1.54, 1.807) is 21.3 Å². The van der Waals surface area contributed by atoms with Gasteiger partial charge in [-0.3, -0.25) is 4.79 Å². The van der Waals surface area contributed by atoms with E-state index in [4.69, 9.17) is 19.9 Å². The van der Waals surface area contributed by atoms with Crippen molar-refractivity contribution in [3.8, 4) is 17.2 Å². The number of carbonyl (C=O) groups excluding carboxylic acids is 1. The van der Waals surface area contributed by atoms with Gasteiger partial charge in [0, 0.05) is 25.0 Å². The van der Waals surface area contributed by atoms with Gasteiger partial charge in [-0.25, -0.2) is 0 Å². The summed E-state index contributed by atoms with van der Waals surface area (Å²) in [5, 5.41) is 4.59. The number of nitrogens with zero attached hydrogens (tertiary/aromatic N) is 1. The van der Waals surface area contributed by atoms with Gasteiger partial charge in [0.15, 0.2) is 11.5 Å². The smallest absolute Gasteiger partial charge is 0.223 e. The quantitative estimate of drug-likeness (QED) is 0.516. The highest BCUT2D eigenvalue weighted by molar-refractivity contribution is 6.12. The van der Waals surface area contributed by atoms with Crippen molar-refractivity contribution in [2.45, 2.75) is 70.0 Å². The molecule has 2 fully saturated rings.